The Kier molecular flexibility index (Phi) is 4.35. The number of halogens is 1. The minimum atomic E-state index is -0.672. The van der Waals surface area contributed by atoms with E-state index in [1.165, 1.54) is 17.8 Å². The van der Waals surface area contributed by atoms with Gasteiger partial charge in [-0.15, -0.1) is 0 Å². The van der Waals surface area contributed by atoms with Crippen LogP contribution < -0.4 is 5.73 Å². The molecule has 2 heterocycles. The van der Waals surface area contributed by atoms with Crippen molar-refractivity contribution in [3.8, 4) is 0 Å². The van der Waals surface area contributed by atoms with E-state index in [-0.39, 0.29) is 18.0 Å². The van der Waals surface area contributed by atoms with Crippen molar-refractivity contribution >= 4 is 28.9 Å². The number of thioether (sulfide) groups is 1. The molecule has 0 fully saturated rings. The maximum atomic E-state index is 14.3. The SMILES string of the molecule is CC1(c2cc(CC(=O)C3=CC=NC3)ccc2F)CCSC(N)=N1. The van der Waals surface area contributed by atoms with Crippen molar-refractivity contribution in [3.63, 3.8) is 0 Å². The summed E-state index contributed by atoms with van der Waals surface area (Å²) in [5.74, 6) is 0.515. The first kappa shape index (κ1) is 15.9. The number of carbonyl (C=O) groups is 1. The number of benzene rings is 1. The summed E-state index contributed by atoms with van der Waals surface area (Å²) in [6, 6.07) is 4.81. The predicted octanol–water partition coefficient (Wildman–Crippen LogP) is 2.61. The van der Waals surface area contributed by atoms with Crippen LogP contribution in [-0.2, 0) is 16.8 Å². The second-order valence-electron chi connectivity index (χ2n) is 5.92. The second kappa shape index (κ2) is 6.28. The first-order chi connectivity index (χ1) is 11.0. The Morgan fingerprint density at radius 3 is 3.00 bits per heavy atom. The highest BCUT2D eigenvalue weighted by Crippen LogP contribution is 2.36. The van der Waals surface area contributed by atoms with Gasteiger partial charge in [0.15, 0.2) is 11.0 Å². The van der Waals surface area contributed by atoms with Gasteiger partial charge in [0.25, 0.3) is 0 Å². The van der Waals surface area contributed by atoms with Crippen LogP contribution in [0.5, 0.6) is 0 Å². The zero-order chi connectivity index (χ0) is 16.4. The number of hydrogen-bond donors (Lipinski definition) is 1. The third-order valence-corrected chi connectivity index (χ3v) is 4.97. The Balaban J connectivity index is 1.87. The number of allylic oxidation sites excluding steroid dienone is 1. The Morgan fingerprint density at radius 2 is 2.30 bits per heavy atom. The van der Waals surface area contributed by atoms with Crippen molar-refractivity contribution in [3.05, 3.63) is 46.8 Å². The predicted molar refractivity (Wildman–Crippen MR) is 92.6 cm³/mol. The summed E-state index contributed by atoms with van der Waals surface area (Å²) in [6.45, 7) is 2.32. The van der Waals surface area contributed by atoms with E-state index in [0.29, 0.717) is 29.3 Å². The molecule has 0 radical (unpaired) electrons. The molecule has 3 rings (SSSR count). The van der Waals surface area contributed by atoms with Crippen LogP contribution in [-0.4, -0.2) is 29.5 Å². The fourth-order valence-corrected chi connectivity index (χ4v) is 3.78. The highest BCUT2D eigenvalue weighted by Gasteiger charge is 2.32. The van der Waals surface area contributed by atoms with Crippen LogP contribution >= 0.6 is 11.8 Å². The lowest BCUT2D eigenvalue weighted by Gasteiger charge is -2.30. The Labute approximate surface area is 138 Å². The zero-order valence-corrected chi connectivity index (χ0v) is 13.7. The summed E-state index contributed by atoms with van der Waals surface area (Å²) < 4.78 is 14.3. The van der Waals surface area contributed by atoms with Crippen LogP contribution in [0.2, 0.25) is 0 Å². The van der Waals surface area contributed by atoms with Crippen molar-refractivity contribution in [2.24, 2.45) is 15.7 Å². The molecular weight excluding hydrogens is 313 g/mol. The van der Waals surface area contributed by atoms with E-state index in [1.54, 1.807) is 24.4 Å². The number of nitrogens with two attached hydrogens (primary N) is 1. The van der Waals surface area contributed by atoms with Gasteiger partial charge in [0.2, 0.25) is 0 Å². The molecule has 120 valence electrons. The molecule has 1 aromatic rings. The topological polar surface area (TPSA) is 67.8 Å². The Morgan fingerprint density at radius 1 is 1.48 bits per heavy atom. The minimum absolute atomic E-state index is 0.0208. The molecule has 0 saturated heterocycles. The van der Waals surface area contributed by atoms with Crippen molar-refractivity contribution in [1.29, 1.82) is 0 Å². The summed E-state index contributed by atoms with van der Waals surface area (Å²) in [5, 5.41) is 0.480. The van der Waals surface area contributed by atoms with E-state index in [2.05, 4.69) is 9.98 Å². The number of Topliss-reactive ketones (excluding diaryl/α,β-unsaturated/α-hetero) is 1. The zero-order valence-electron chi connectivity index (χ0n) is 12.9. The van der Waals surface area contributed by atoms with Gasteiger partial charge >= 0.3 is 0 Å². The normalized spacial score (nSPS) is 23.6. The summed E-state index contributed by atoms with van der Waals surface area (Å²) in [7, 11) is 0. The van der Waals surface area contributed by atoms with Gasteiger partial charge in [0, 0.05) is 29.5 Å². The van der Waals surface area contributed by atoms with Crippen LogP contribution in [0.3, 0.4) is 0 Å². The van der Waals surface area contributed by atoms with E-state index in [9.17, 15) is 9.18 Å². The van der Waals surface area contributed by atoms with E-state index >= 15 is 0 Å². The molecule has 2 aliphatic heterocycles. The molecule has 1 atom stereocenters. The van der Waals surface area contributed by atoms with Gasteiger partial charge in [-0.25, -0.2) is 4.39 Å². The molecule has 0 aromatic heterocycles. The molecule has 0 spiro atoms. The number of amidine groups is 1. The molecular formula is C17H18FN3OS. The highest BCUT2D eigenvalue weighted by molar-refractivity contribution is 8.13. The van der Waals surface area contributed by atoms with E-state index < -0.39 is 5.54 Å². The third-order valence-electron chi connectivity index (χ3n) is 4.17. The molecule has 2 N–H and O–H groups in total. The Bertz CT molecular complexity index is 741. The van der Waals surface area contributed by atoms with Crippen LogP contribution in [0, 0.1) is 5.82 Å². The van der Waals surface area contributed by atoms with Crippen LogP contribution in [0.25, 0.3) is 0 Å². The van der Waals surface area contributed by atoms with Crippen molar-refractivity contribution in [1.82, 2.24) is 0 Å². The average molecular weight is 331 g/mol. The van der Waals surface area contributed by atoms with Crippen molar-refractivity contribution < 1.29 is 9.18 Å². The number of rotatable bonds is 4. The first-order valence-corrected chi connectivity index (χ1v) is 8.46. The van der Waals surface area contributed by atoms with Gasteiger partial charge < -0.3 is 5.73 Å². The van der Waals surface area contributed by atoms with Gasteiger partial charge in [-0.3, -0.25) is 14.8 Å². The largest absolute Gasteiger partial charge is 0.379 e. The van der Waals surface area contributed by atoms with E-state index in [4.69, 9.17) is 5.73 Å². The molecule has 6 heteroatoms. The quantitative estimate of drug-likeness (QED) is 0.922. The van der Waals surface area contributed by atoms with Gasteiger partial charge in [-0.2, -0.15) is 0 Å². The van der Waals surface area contributed by atoms with Crippen LogP contribution in [0.15, 0.2) is 39.8 Å². The first-order valence-electron chi connectivity index (χ1n) is 7.47. The van der Waals surface area contributed by atoms with Gasteiger partial charge in [-0.1, -0.05) is 17.8 Å². The average Bonchev–Trinajstić information content (AvgIpc) is 3.03. The van der Waals surface area contributed by atoms with E-state index in [1.807, 2.05) is 6.92 Å². The number of carbonyl (C=O) groups excluding carboxylic acids is 1. The fraction of sp³-hybridized carbons (Fsp3) is 0.353. The van der Waals surface area contributed by atoms with Gasteiger partial charge in [-0.05, 0) is 37.1 Å². The molecule has 1 aromatic carbocycles. The molecule has 0 amide bonds. The number of nitrogens with zero attached hydrogens (tertiary/aromatic N) is 2. The van der Waals surface area contributed by atoms with Crippen molar-refractivity contribution in [2.45, 2.75) is 25.3 Å². The maximum Gasteiger partial charge on any atom is 0.165 e. The molecule has 4 nitrogen and oxygen atoms in total. The molecule has 23 heavy (non-hydrogen) atoms. The number of aliphatic imine (C=N–C) groups is 2. The summed E-state index contributed by atoms with van der Waals surface area (Å²) >= 11 is 1.48. The molecule has 0 aliphatic carbocycles. The monoisotopic (exact) mass is 331 g/mol. The fourth-order valence-electron chi connectivity index (χ4n) is 2.80. The standard InChI is InChI=1S/C17H18FN3OS/c1-17(5-7-23-16(19)21-17)13-8-11(2-3-14(13)18)9-15(22)12-4-6-20-10-12/h2-4,6,8H,5,7,9-10H2,1H3,(H2,19,21). The lowest BCUT2D eigenvalue weighted by Crippen LogP contribution is -2.29. The Hall–Kier alpha value is -1.95. The molecule has 0 saturated carbocycles. The lowest BCUT2D eigenvalue weighted by atomic mass is 9.87. The highest BCUT2D eigenvalue weighted by atomic mass is 32.2. The molecule has 2 aliphatic rings. The lowest BCUT2D eigenvalue weighted by molar-refractivity contribution is -0.114. The smallest absolute Gasteiger partial charge is 0.165 e. The second-order valence-corrected chi connectivity index (χ2v) is 7.03. The summed E-state index contributed by atoms with van der Waals surface area (Å²) in [6.07, 6.45) is 4.33. The van der Waals surface area contributed by atoms with E-state index in [0.717, 1.165) is 11.3 Å². The van der Waals surface area contributed by atoms with Crippen LogP contribution in [0.1, 0.15) is 24.5 Å². The van der Waals surface area contributed by atoms with Gasteiger partial charge in [0.05, 0.1) is 12.1 Å². The number of hydrogen-bond acceptors (Lipinski definition) is 5. The van der Waals surface area contributed by atoms with Gasteiger partial charge in [0.1, 0.15) is 5.82 Å². The maximum absolute atomic E-state index is 14.3. The van der Waals surface area contributed by atoms with Crippen molar-refractivity contribution in [2.75, 3.05) is 12.3 Å². The third kappa shape index (κ3) is 3.37. The number of ketones is 1. The van der Waals surface area contributed by atoms with Crippen LogP contribution in [0.4, 0.5) is 4.39 Å². The molecule has 1 unspecified atom stereocenters. The summed E-state index contributed by atoms with van der Waals surface area (Å²) in [5.41, 5.74) is 7.12. The minimum Gasteiger partial charge on any atom is -0.379 e. The summed E-state index contributed by atoms with van der Waals surface area (Å²) in [4.78, 5) is 20.7. The molecule has 0 bridgehead atoms.